The number of anilines is 1. The van der Waals surface area contributed by atoms with Gasteiger partial charge in [0.05, 0.1) is 11.1 Å². The van der Waals surface area contributed by atoms with Crippen molar-refractivity contribution in [3.8, 4) is 0 Å². The van der Waals surface area contributed by atoms with E-state index in [0.717, 1.165) is 62.4 Å². The molecule has 3 fully saturated rings. The quantitative estimate of drug-likeness (QED) is 0.605. The van der Waals surface area contributed by atoms with E-state index in [-0.39, 0.29) is 24.8 Å². The van der Waals surface area contributed by atoms with Gasteiger partial charge in [-0.3, -0.25) is 29.4 Å². The van der Waals surface area contributed by atoms with Crippen molar-refractivity contribution in [2.45, 2.75) is 70.9 Å². The number of amides is 5. The summed E-state index contributed by atoms with van der Waals surface area (Å²) in [5, 5.41) is 2.23. The maximum absolute atomic E-state index is 13.2. The molecule has 1 aromatic carbocycles. The summed E-state index contributed by atoms with van der Waals surface area (Å²) < 4.78 is 5.52. The molecule has 0 aromatic heterocycles. The first-order valence-electron chi connectivity index (χ1n) is 13.6. The normalized spacial score (nSPS) is 23.6. The van der Waals surface area contributed by atoms with E-state index in [1.54, 1.807) is 12.1 Å². The fraction of sp³-hybridized carbons (Fsp3) is 0.607. The van der Waals surface area contributed by atoms with Crippen molar-refractivity contribution >= 4 is 35.4 Å². The van der Waals surface area contributed by atoms with E-state index in [1.807, 2.05) is 31.7 Å². The lowest BCUT2D eigenvalue weighted by molar-refractivity contribution is -0.136. The van der Waals surface area contributed by atoms with E-state index in [9.17, 15) is 24.0 Å². The van der Waals surface area contributed by atoms with Crippen molar-refractivity contribution in [1.29, 1.82) is 0 Å². The van der Waals surface area contributed by atoms with Crippen LogP contribution < -0.4 is 10.2 Å². The lowest BCUT2D eigenvalue weighted by Gasteiger charge is -2.41. The molecule has 4 aliphatic heterocycles. The van der Waals surface area contributed by atoms with Crippen LogP contribution in [0, 0.1) is 11.8 Å². The van der Waals surface area contributed by atoms with Crippen LogP contribution in [0.3, 0.4) is 0 Å². The first-order chi connectivity index (χ1) is 18.0. The van der Waals surface area contributed by atoms with Gasteiger partial charge in [-0.15, -0.1) is 0 Å². The summed E-state index contributed by atoms with van der Waals surface area (Å²) in [5.74, 6) is -0.780. The van der Waals surface area contributed by atoms with Gasteiger partial charge >= 0.3 is 6.09 Å². The van der Waals surface area contributed by atoms with Crippen LogP contribution in [-0.2, 0) is 14.3 Å². The molecule has 10 nitrogen and oxygen atoms in total. The smallest absolute Gasteiger partial charge is 0.410 e. The van der Waals surface area contributed by atoms with Crippen LogP contribution in [0.15, 0.2) is 18.2 Å². The number of carbonyl (C=O) groups excluding carboxylic acids is 5. The summed E-state index contributed by atoms with van der Waals surface area (Å²) in [5.41, 5.74) is 1.02. The Morgan fingerprint density at radius 2 is 1.47 bits per heavy atom. The van der Waals surface area contributed by atoms with E-state index in [4.69, 9.17) is 4.74 Å². The van der Waals surface area contributed by atoms with Crippen LogP contribution >= 0.6 is 0 Å². The van der Waals surface area contributed by atoms with Gasteiger partial charge in [-0.1, -0.05) is 0 Å². The van der Waals surface area contributed by atoms with E-state index in [2.05, 4.69) is 10.2 Å². The lowest BCUT2D eigenvalue weighted by Crippen LogP contribution is -2.54. The van der Waals surface area contributed by atoms with Gasteiger partial charge in [0.2, 0.25) is 11.8 Å². The molecule has 5 rings (SSSR count). The molecule has 4 heterocycles. The predicted octanol–water partition coefficient (Wildman–Crippen LogP) is 2.95. The predicted molar refractivity (Wildman–Crippen MR) is 139 cm³/mol. The molecule has 0 aliphatic carbocycles. The number of nitrogens with one attached hydrogen (secondary N) is 1. The zero-order valence-corrected chi connectivity index (χ0v) is 22.3. The molecule has 1 unspecified atom stereocenters. The SMILES string of the molecule is CC(C)(C)OC(=O)N1CCC(C2CCN(c3ccc4c(c3)C(=O)N(C3CCC(=O)NC3=O)C4=O)CC2)CC1. The van der Waals surface area contributed by atoms with Crippen molar-refractivity contribution in [2.75, 3.05) is 31.1 Å². The molecule has 38 heavy (non-hydrogen) atoms. The van der Waals surface area contributed by atoms with Gasteiger partial charge in [0.25, 0.3) is 11.8 Å². The average molecular weight is 525 g/mol. The Bertz CT molecular complexity index is 1160. The topological polar surface area (TPSA) is 116 Å². The molecule has 204 valence electrons. The largest absolute Gasteiger partial charge is 0.444 e. The number of fused-ring (bicyclic) bond motifs is 1. The van der Waals surface area contributed by atoms with Gasteiger partial charge in [-0.05, 0) is 82.9 Å². The summed E-state index contributed by atoms with van der Waals surface area (Å²) >= 11 is 0. The number of piperidine rings is 3. The van der Waals surface area contributed by atoms with Crippen LogP contribution in [-0.4, -0.2) is 77.3 Å². The molecule has 0 spiro atoms. The van der Waals surface area contributed by atoms with Crippen LogP contribution in [0.2, 0.25) is 0 Å². The van der Waals surface area contributed by atoms with Crippen molar-refractivity contribution in [3.05, 3.63) is 29.3 Å². The fourth-order valence-corrected chi connectivity index (χ4v) is 6.16. The molecule has 1 N–H and O–H groups in total. The Hall–Kier alpha value is -3.43. The number of hydrogen-bond acceptors (Lipinski definition) is 7. The number of likely N-dealkylation sites (tertiary alicyclic amines) is 1. The van der Waals surface area contributed by atoms with Crippen LogP contribution in [0.5, 0.6) is 0 Å². The average Bonchev–Trinajstić information content (AvgIpc) is 3.12. The molecule has 0 bridgehead atoms. The minimum atomic E-state index is -0.957. The van der Waals surface area contributed by atoms with Gasteiger partial charge < -0.3 is 14.5 Å². The Morgan fingerprint density at radius 3 is 2.08 bits per heavy atom. The third-order valence-corrected chi connectivity index (χ3v) is 8.19. The molecule has 0 radical (unpaired) electrons. The minimum absolute atomic E-state index is 0.101. The number of benzene rings is 1. The lowest BCUT2D eigenvalue weighted by atomic mass is 9.79. The Morgan fingerprint density at radius 1 is 0.868 bits per heavy atom. The van der Waals surface area contributed by atoms with E-state index in [0.29, 0.717) is 23.0 Å². The minimum Gasteiger partial charge on any atom is -0.444 e. The second-order valence-electron chi connectivity index (χ2n) is 11.8. The number of carbonyl (C=O) groups is 5. The van der Waals surface area contributed by atoms with Gasteiger partial charge in [-0.25, -0.2) is 4.79 Å². The van der Waals surface area contributed by atoms with E-state index < -0.39 is 29.4 Å². The fourth-order valence-electron chi connectivity index (χ4n) is 6.16. The second-order valence-corrected chi connectivity index (χ2v) is 11.8. The molecule has 1 atom stereocenters. The summed E-state index contributed by atoms with van der Waals surface area (Å²) in [6.45, 7) is 8.82. The van der Waals surface area contributed by atoms with Gasteiger partial charge in [-0.2, -0.15) is 0 Å². The molecule has 4 aliphatic rings. The van der Waals surface area contributed by atoms with Crippen molar-refractivity contribution in [1.82, 2.24) is 15.1 Å². The number of imide groups is 2. The first-order valence-corrected chi connectivity index (χ1v) is 13.6. The number of nitrogens with zero attached hydrogens (tertiary/aromatic N) is 3. The van der Waals surface area contributed by atoms with Crippen molar-refractivity contribution in [2.24, 2.45) is 11.8 Å². The Labute approximate surface area is 222 Å². The van der Waals surface area contributed by atoms with E-state index >= 15 is 0 Å². The maximum Gasteiger partial charge on any atom is 0.410 e. The summed E-state index contributed by atoms with van der Waals surface area (Å²) in [6, 6.07) is 4.36. The third-order valence-electron chi connectivity index (χ3n) is 8.19. The maximum atomic E-state index is 13.2. The monoisotopic (exact) mass is 524 g/mol. The van der Waals surface area contributed by atoms with Crippen LogP contribution in [0.4, 0.5) is 10.5 Å². The Kier molecular flexibility index (Phi) is 6.92. The highest BCUT2D eigenvalue weighted by Crippen LogP contribution is 2.36. The molecular formula is C28H36N4O6. The van der Waals surface area contributed by atoms with Crippen LogP contribution in [0.25, 0.3) is 0 Å². The first kappa shape index (κ1) is 26.2. The summed E-state index contributed by atoms with van der Waals surface area (Å²) in [7, 11) is 0. The van der Waals surface area contributed by atoms with Gasteiger partial charge in [0.1, 0.15) is 11.6 Å². The zero-order valence-electron chi connectivity index (χ0n) is 22.3. The molecule has 3 saturated heterocycles. The third kappa shape index (κ3) is 5.13. The summed E-state index contributed by atoms with van der Waals surface area (Å²) in [6.07, 6.45) is 4.04. The Balaban J connectivity index is 1.17. The van der Waals surface area contributed by atoms with E-state index in [1.165, 1.54) is 0 Å². The standard InChI is InChI=1S/C28H36N4O6/c1-28(2,3)38-27(37)31-14-10-18(11-15-31)17-8-12-30(13-9-17)19-4-5-20-21(16-19)26(36)32(25(20)35)22-6-7-23(33)29-24(22)34/h4-5,16-18,22H,6-15H2,1-3H3,(H,29,33,34). The van der Waals surface area contributed by atoms with Gasteiger partial charge in [0.15, 0.2) is 0 Å². The molecular weight excluding hydrogens is 488 g/mol. The molecule has 0 saturated carbocycles. The molecule has 10 heteroatoms. The number of ether oxygens (including phenoxy) is 1. The highest BCUT2D eigenvalue weighted by molar-refractivity contribution is 6.23. The highest BCUT2D eigenvalue weighted by atomic mass is 16.6. The van der Waals surface area contributed by atoms with Crippen molar-refractivity contribution in [3.63, 3.8) is 0 Å². The highest BCUT2D eigenvalue weighted by Gasteiger charge is 2.45. The van der Waals surface area contributed by atoms with Gasteiger partial charge in [0, 0.05) is 38.3 Å². The number of hydrogen-bond donors (Lipinski definition) is 1. The number of rotatable bonds is 3. The zero-order chi connectivity index (χ0) is 27.2. The van der Waals surface area contributed by atoms with Crippen LogP contribution in [0.1, 0.15) is 80.0 Å². The van der Waals surface area contributed by atoms with Crippen molar-refractivity contribution < 1.29 is 28.7 Å². The second kappa shape index (κ2) is 10.0. The molecule has 1 aromatic rings. The summed E-state index contributed by atoms with van der Waals surface area (Å²) in [4.78, 5) is 67.4. The molecule has 5 amide bonds.